The van der Waals surface area contributed by atoms with Crippen molar-refractivity contribution in [1.29, 1.82) is 5.26 Å². The average molecular weight is 436 g/mol. The molecule has 0 saturated heterocycles. The number of aliphatic hydroxyl groups is 1. The minimum atomic E-state index is 0.0884. The molecule has 0 heterocycles. The summed E-state index contributed by atoms with van der Waals surface area (Å²) in [6.45, 7) is 23.6. The first-order valence-electron chi connectivity index (χ1n) is 12.6. The molecule has 1 N–H and O–H groups in total. The molecule has 2 nitrogen and oxygen atoms in total. The molecule has 4 rings (SSSR count). The second kappa shape index (κ2) is 8.02. The van der Waals surface area contributed by atoms with Crippen LogP contribution in [-0.2, 0) is 10.8 Å². The zero-order valence-electron chi connectivity index (χ0n) is 22.2. The summed E-state index contributed by atoms with van der Waals surface area (Å²) >= 11 is 0. The van der Waals surface area contributed by atoms with E-state index >= 15 is 0 Å². The van der Waals surface area contributed by atoms with Crippen LogP contribution in [0.25, 0.3) is 0 Å². The van der Waals surface area contributed by atoms with Gasteiger partial charge >= 0.3 is 0 Å². The molecular weight excluding hydrogens is 390 g/mol. The molecule has 1 aromatic rings. The minimum absolute atomic E-state index is 0.0884. The van der Waals surface area contributed by atoms with Crippen LogP contribution in [-0.4, -0.2) is 11.7 Å². The summed E-state index contributed by atoms with van der Waals surface area (Å²) in [6, 6.07) is 8.47. The summed E-state index contributed by atoms with van der Waals surface area (Å²) in [5.74, 6) is 1.66. The van der Waals surface area contributed by atoms with Gasteiger partial charge in [0.05, 0.1) is 11.6 Å². The van der Waals surface area contributed by atoms with Crippen LogP contribution in [0.2, 0.25) is 0 Å². The third kappa shape index (κ3) is 3.47. The molecule has 0 fully saturated rings. The van der Waals surface area contributed by atoms with E-state index in [0.717, 1.165) is 5.56 Å². The lowest BCUT2D eigenvalue weighted by molar-refractivity contribution is 0.169. The Morgan fingerprint density at radius 1 is 0.906 bits per heavy atom. The summed E-state index contributed by atoms with van der Waals surface area (Å²) in [7, 11) is 0. The predicted molar refractivity (Wildman–Crippen MR) is 135 cm³/mol. The van der Waals surface area contributed by atoms with Crippen LogP contribution in [0.3, 0.4) is 0 Å². The Morgan fingerprint density at radius 3 is 2.06 bits per heavy atom. The van der Waals surface area contributed by atoms with Crippen LogP contribution in [0.15, 0.2) is 29.3 Å². The van der Waals surface area contributed by atoms with Gasteiger partial charge in [-0.15, -0.1) is 0 Å². The summed E-state index contributed by atoms with van der Waals surface area (Å²) < 4.78 is 0. The van der Waals surface area contributed by atoms with E-state index in [2.05, 4.69) is 81.4 Å². The lowest BCUT2D eigenvalue weighted by Crippen LogP contribution is -2.31. The highest BCUT2D eigenvalue weighted by molar-refractivity contribution is 5.54. The zero-order valence-corrected chi connectivity index (χ0v) is 22.2. The number of nitriles is 1. The van der Waals surface area contributed by atoms with Gasteiger partial charge in [0.25, 0.3) is 0 Å². The Hall–Kier alpha value is -1.59. The van der Waals surface area contributed by atoms with E-state index in [9.17, 15) is 10.4 Å². The lowest BCUT2D eigenvalue weighted by atomic mass is 9.68. The third-order valence-corrected chi connectivity index (χ3v) is 10.3. The van der Waals surface area contributed by atoms with Crippen molar-refractivity contribution in [3.05, 3.63) is 46.0 Å². The van der Waals surface area contributed by atoms with Gasteiger partial charge in [0.1, 0.15) is 0 Å². The largest absolute Gasteiger partial charge is 0.396 e. The van der Waals surface area contributed by atoms with E-state index in [1.165, 1.54) is 30.4 Å². The summed E-state index contributed by atoms with van der Waals surface area (Å²) in [5.41, 5.74) is 7.56. The molecule has 0 radical (unpaired) electrons. The van der Waals surface area contributed by atoms with Crippen molar-refractivity contribution in [2.24, 2.45) is 28.6 Å². The van der Waals surface area contributed by atoms with Crippen LogP contribution in [0.4, 0.5) is 0 Å². The Kier molecular flexibility index (Phi) is 6.27. The highest BCUT2D eigenvalue weighted by atomic mass is 16.3. The van der Waals surface area contributed by atoms with E-state index in [4.69, 9.17) is 0 Å². The van der Waals surface area contributed by atoms with Gasteiger partial charge in [-0.2, -0.15) is 5.26 Å². The number of aliphatic hydroxyl groups excluding tert-OH is 1. The van der Waals surface area contributed by atoms with Crippen LogP contribution >= 0.6 is 0 Å². The van der Waals surface area contributed by atoms with E-state index in [0.29, 0.717) is 29.8 Å². The van der Waals surface area contributed by atoms with Crippen molar-refractivity contribution in [2.45, 2.75) is 99.3 Å². The Balaban J connectivity index is 0.000000181. The minimum Gasteiger partial charge on any atom is -0.396 e. The SMILES string of the molecule is CC1C(C)(C)C2=C(C(CO)CCC2)C1(C)C.CC1C(C)(C)c2cccc(C#N)c2C1(C)C. The molecule has 0 aromatic heterocycles. The molecule has 3 aliphatic rings. The number of rotatable bonds is 1. The van der Waals surface area contributed by atoms with Crippen molar-refractivity contribution in [3.63, 3.8) is 0 Å². The number of hydrogen-bond acceptors (Lipinski definition) is 2. The fourth-order valence-corrected chi connectivity index (χ4v) is 7.44. The number of nitrogens with zero attached hydrogens (tertiary/aromatic N) is 1. The number of allylic oxidation sites excluding steroid dienone is 1. The van der Waals surface area contributed by atoms with Crippen molar-refractivity contribution < 1.29 is 5.11 Å². The van der Waals surface area contributed by atoms with Crippen LogP contribution in [0.1, 0.15) is 105 Å². The second-order valence-electron chi connectivity index (χ2n) is 12.8. The molecule has 0 saturated carbocycles. The molecule has 32 heavy (non-hydrogen) atoms. The first-order chi connectivity index (χ1) is 14.7. The van der Waals surface area contributed by atoms with Crippen molar-refractivity contribution in [3.8, 4) is 6.07 Å². The second-order valence-corrected chi connectivity index (χ2v) is 12.8. The standard InChI is InChI=1S/C15H19N.C15H26O/c2*1-10-14(2,3)12-8-6-7-11(9-16)13(12)15(10,4)5/h6-8,10H,1-5H3;10-11,16H,6-9H2,1-5H3. The zero-order chi connectivity index (χ0) is 24.3. The van der Waals surface area contributed by atoms with E-state index in [-0.39, 0.29) is 16.2 Å². The van der Waals surface area contributed by atoms with Crippen LogP contribution in [0.5, 0.6) is 0 Å². The maximum absolute atomic E-state index is 9.59. The van der Waals surface area contributed by atoms with Gasteiger partial charge in [0, 0.05) is 12.5 Å². The monoisotopic (exact) mass is 435 g/mol. The molecule has 3 unspecified atom stereocenters. The maximum Gasteiger partial charge on any atom is 0.0994 e. The predicted octanol–water partition coefficient (Wildman–Crippen LogP) is 7.54. The molecule has 1 aromatic carbocycles. The van der Waals surface area contributed by atoms with Gasteiger partial charge in [-0.05, 0) is 70.0 Å². The molecule has 0 spiro atoms. The summed E-state index contributed by atoms with van der Waals surface area (Å²) in [6.07, 6.45) is 3.70. The number of benzene rings is 1. The third-order valence-electron chi connectivity index (χ3n) is 10.3. The van der Waals surface area contributed by atoms with Gasteiger partial charge in [-0.25, -0.2) is 0 Å². The van der Waals surface area contributed by atoms with Gasteiger partial charge in [-0.1, -0.05) is 92.5 Å². The highest BCUT2D eigenvalue weighted by Crippen LogP contribution is 2.62. The molecule has 3 atom stereocenters. The van der Waals surface area contributed by atoms with Gasteiger partial charge < -0.3 is 5.11 Å². The summed E-state index contributed by atoms with van der Waals surface area (Å²) in [4.78, 5) is 0. The van der Waals surface area contributed by atoms with Gasteiger partial charge in [-0.3, -0.25) is 0 Å². The normalized spacial score (nSPS) is 30.6. The smallest absolute Gasteiger partial charge is 0.0994 e. The van der Waals surface area contributed by atoms with E-state index in [1.54, 1.807) is 11.1 Å². The first-order valence-corrected chi connectivity index (χ1v) is 12.6. The fourth-order valence-electron chi connectivity index (χ4n) is 7.44. The molecule has 2 heteroatoms. The topological polar surface area (TPSA) is 44.0 Å². The number of fused-ring (bicyclic) bond motifs is 1. The number of hydrogen-bond donors (Lipinski definition) is 1. The van der Waals surface area contributed by atoms with E-state index in [1.807, 2.05) is 12.1 Å². The molecule has 0 bridgehead atoms. The van der Waals surface area contributed by atoms with Crippen molar-refractivity contribution >= 4 is 0 Å². The molecule has 3 aliphatic carbocycles. The van der Waals surface area contributed by atoms with Gasteiger partial charge in [0.15, 0.2) is 0 Å². The molecular formula is C30H45NO. The maximum atomic E-state index is 9.59. The van der Waals surface area contributed by atoms with Crippen molar-refractivity contribution in [1.82, 2.24) is 0 Å². The lowest BCUT2D eigenvalue weighted by Gasteiger charge is -2.36. The highest BCUT2D eigenvalue weighted by Gasteiger charge is 2.52. The van der Waals surface area contributed by atoms with Gasteiger partial charge in [0.2, 0.25) is 0 Å². The average Bonchev–Trinajstić information content (AvgIpc) is 2.99. The Labute approximate surface area is 197 Å². The quantitative estimate of drug-likeness (QED) is 0.463. The van der Waals surface area contributed by atoms with Crippen LogP contribution in [0, 0.1) is 39.9 Å². The van der Waals surface area contributed by atoms with Crippen molar-refractivity contribution in [2.75, 3.05) is 6.61 Å². The molecule has 176 valence electrons. The Morgan fingerprint density at radius 2 is 1.50 bits per heavy atom. The van der Waals surface area contributed by atoms with E-state index < -0.39 is 0 Å². The Bertz CT molecular complexity index is 954. The first kappa shape index (κ1) is 25.0. The van der Waals surface area contributed by atoms with Crippen LogP contribution < -0.4 is 0 Å². The molecule has 0 amide bonds. The fraction of sp³-hybridized carbons (Fsp3) is 0.700. The summed E-state index contributed by atoms with van der Waals surface area (Å²) in [5, 5.41) is 18.8. The molecule has 0 aliphatic heterocycles.